The highest BCUT2D eigenvalue weighted by molar-refractivity contribution is 6.42. The minimum absolute atomic E-state index is 0.0575. The number of aromatic carboxylic acids is 1. The number of rotatable bonds is 5. The lowest BCUT2D eigenvalue weighted by atomic mass is 9.95. The lowest BCUT2D eigenvalue weighted by Gasteiger charge is -2.30. The van der Waals surface area contributed by atoms with Crippen LogP contribution in [0.15, 0.2) is 42.5 Å². The van der Waals surface area contributed by atoms with E-state index < -0.39 is 23.8 Å². The fraction of sp³-hybridized carbons (Fsp3) is 0.417. The molecule has 0 unspecified atom stereocenters. The lowest BCUT2D eigenvalue weighted by molar-refractivity contribution is 0.0147. The van der Waals surface area contributed by atoms with Crippen LogP contribution in [-0.4, -0.2) is 54.0 Å². The minimum atomic E-state index is -1.08. The first-order valence-corrected chi connectivity index (χ1v) is 11.3. The van der Waals surface area contributed by atoms with Gasteiger partial charge in [-0.1, -0.05) is 41.4 Å². The molecule has 1 N–H and O–H groups in total. The topological polar surface area (TPSA) is 85.3 Å². The largest absolute Gasteiger partial charge is 0.492 e. The molecule has 1 saturated heterocycles. The van der Waals surface area contributed by atoms with Crippen molar-refractivity contribution in [2.75, 3.05) is 26.3 Å². The van der Waals surface area contributed by atoms with E-state index >= 15 is 0 Å². The molecule has 0 spiro atoms. The normalized spacial score (nSPS) is 19.0. The summed E-state index contributed by atoms with van der Waals surface area (Å²) in [5, 5.41) is 10.3. The van der Waals surface area contributed by atoms with Gasteiger partial charge in [0.1, 0.15) is 16.9 Å². The van der Waals surface area contributed by atoms with Gasteiger partial charge in [0, 0.05) is 19.0 Å². The van der Waals surface area contributed by atoms with Crippen LogP contribution in [0, 0.1) is 5.92 Å². The van der Waals surface area contributed by atoms with Gasteiger partial charge in [-0.2, -0.15) is 0 Å². The highest BCUT2D eigenvalue weighted by Crippen LogP contribution is 2.34. The van der Waals surface area contributed by atoms with Crippen LogP contribution in [0.4, 0.5) is 4.79 Å². The zero-order chi connectivity index (χ0) is 24.2. The Bertz CT molecular complexity index is 1010. The molecule has 1 heterocycles. The van der Waals surface area contributed by atoms with Gasteiger partial charge in [-0.15, -0.1) is 0 Å². The molecule has 9 heteroatoms. The predicted molar refractivity (Wildman–Crippen MR) is 125 cm³/mol. The molecule has 7 nitrogen and oxygen atoms in total. The van der Waals surface area contributed by atoms with Gasteiger partial charge >= 0.3 is 12.1 Å². The van der Waals surface area contributed by atoms with Gasteiger partial charge in [0.15, 0.2) is 0 Å². The van der Waals surface area contributed by atoms with Gasteiger partial charge in [0.25, 0.3) is 0 Å². The number of benzene rings is 2. The summed E-state index contributed by atoms with van der Waals surface area (Å²) in [5.74, 6) is -1.18. The lowest BCUT2D eigenvalue weighted by Crippen LogP contribution is -2.41. The van der Waals surface area contributed by atoms with Crippen LogP contribution >= 0.6 is 23.2 Å². The van der Waals surface area contributed by atoms with Gasteiger partial charge < -0.3 is 24.2 Å². The maximum absolute atomic E-state index is 12.8. The number of nitrogens with zero attached hydrogens (tertiary/aromatic N) is 1. The van der Waals surface area contributed by atoms with Gasteiger partial charge in [-0.05, 0) is 50.6 Å². The molecule has 1 amide bonds. The summed E-state index contributed by atoms with van der Waals surface area (Å²) >= 11 is 12.3. The molecule has 0 saturated carbocycles. The average molecular weight is 496 g/mol. The van der Waals surface area contributed by atoms with E-state index in [1.165, 1.54) is 6.07 Å². The Morgan fingerprint density at radius 3 is 2.55 bits per heavy atom. The van der Waals surface area contributed by atoms with Crippen LogP contribution in [0.5, 0.6) is 5.75 Å². The number of carboxylic acids is 1. The number of carbonyl (C=O) groups is 2. The third-order valence-electron chi connectivity index (χ3n) is 5.04. The number of ether oxygens (including phenoxy) is 3. The quantitative estimate of drug-likeness (QED) is 0.572. The molecule has 33 heavy (non-hydrogen) atoms. The summed E-state index contributed by atoms with van der Waals surface area (Å²) in [5.41, 5.74) is 0.206. The summed E-state index contributed by atoms with van der Waals surface area (Å²) in [7, 11) is 0. The number of carboxylic acid groups (broad SMARTS) is 1. The summed E-state index contributed by atoms with van der Waals surface area (Å²) in [6.07, 6.45) is -0.902. The highest BCUT2D eigenvalue weighted by Gasteiger charge is 2.34. The molecule has 2 atom stereocenters. The third-order valence-corrected chi connectivity index (χ3v) is 5.77. The third kappa shape index (κ3) is 6.76. The predicted octanol–water partition coefficient (Wildman–Crippen LogP) is 5.70. The smallest absolute Gasteiger partial charge is 0.410 e. The molecular weight excluding hydrogens is 469 g/mol. The Balaban J connectivity index is 1.88. The molecule has 1 aliphatic heterocycles. The number of carbonyl (C=O) groups excluding carboxylic acids is 1. The van der Waals surface area contributed by atoms with Crippen molar-refractivity contribution >= 4 is 35.3 Å². The molecule has 1 fully saturated rings. The van der Waals surface area contributed by atoms with Crippen LogP contribution in [0.25, 0.3) is 0 Å². The van der Waals surface area contributed by atoms with E-state index in [4.69, 9.17) is 37.4 Å². The van der Waals surface area contributed by atoms with Crippen LogP contribution in [0.3, 0.4) is 0 Å². The molecular formula is C24H27Cl2NO6. The molecule has 2 aromatic carbocycles. The number of para-hydroxylation sites is 1. The molecule has 1 aliphatic rings. The van der Waals surface area contributed by atoms with E-state index in [2.05, 4.69) is 0 Å². The summed E-state index contributed by atoms with van der Waals surface area (Å²) in [6.45, 7) is 6.44. The first kappa shape index (κ1) is 25.1. The second-order valence-corrected chi connectivity index (χ2v) is 9.58. The van der Waals surface area contributed by atoms with E-state index in [0.717, 1.165) is 5.56 Å². The van der Waals surface area contributed by atoms with Crippen LogP contribution in [0.2, 0.25) is 10.0 Å². The van der Waals surface area contributed by atoms with Crippen molar-refractivity contribution in [3.05, 3.63) is 63.6 Å². The second-order valence-electron chi connectivity index (χ2n) is 8.76. The number of hydrogen-bond acceptors (Lipinski definition) is 5. The Morgan fingerprint density at radius 1 is 1.15 bits per heavy atom. The summed E-state index contributed by atoms with van der Waals surface area (Å²) < 4.78 is 17.6. The Morgan fingerprint density at radius 2 is 1.88 bits per heavy atom. The molecule has 0 bridgehead atoms. The molecule has 0 aliphatic carbocycles. The van der Waals surface area contributed by atoms with Gasteiger partial charge in [0.2, 0.25) is 0 Å². The van der Waals surface area contributed by atoms with Crippen molar-refractivity contribution in [2.24, 2.45) is 5.92 Å². The molecule has 3 rings (SSSR count). The Labute approximate surface area is 203 Å². The molecule has 0 radical (unpaired) electrons. The van der Waals surface area contributed by atoms with Crippen molar-refractivity contribution in [2.45, 2.75) is 32.5 Å². The maximum atomic E-state index is 12.8. The van der Waals surface area contributed by atoms with Crippen molar-refractivity contribution in [1.82, 2.24) is 4.90 Å². The first-order chi connectivity index (χ1) is 15.5. The number of halogens is 2. The molecule has 2 aromatic rings. The van der Waals surface area contributed by atoms with Crippen LogP contribution in [-0.2, 0) is 9.47 Å². The maximum Gasteiger partial charge on any atom is 0.410 e. The summed E-state index contributed by atoms with van der Waals surface area (Å²) in [6, 6.07) is 11.7. The van der Waals surface area contributed by atoms with Crippen molar-refractivity contribution in [3.8, 4) is 5.75 Å². The van der Waals surface area contributed by atoms with E-state index in [1.807, 2.05) is 6.07 Å². The van der Waals surface area contributed by atoms with E-state index in [0.29, 0.717) is 16.6 Å². The molecule has 0 aromatic heterocycles. The highest BCUT2D eigenvalue weighted by atomic mass is 35.5. The van der Waals surface area contributed by atoms with Crippen molar-refractivity contribution in [3.63, 3.8) is 0 Å². The zero-order valence-electron chi connectivity index (χ0n) is 18.7. The van der Waals surface area contributed by atoms with Crippen LogP contribution < -0.4 is 4.74 Å². The Kier molecular flexibility index (Phi) is 8.10. The summed E-state index contributed by atoms with van der Waals surface area (Å²) in [4.78, 5) is 25.9. The minimum Gasteiger partial charge on any atom is -0.492 e. The van der Waals surface area contributed by atoms with Crippen molar-refractivity contribution < 1.29 is 28.9 Å². The second kappa shape index (κ2) is 10.6. The fourth-order valence-corrected chi connectivity index (χ4v) is 3.86. The van der Waals surface area contributed by atoms with Gasteiger partial charge in [-0.3, -0.25) is 0 Å². The number of hydrogen-bond donors (Lipinski definition) is 1. The van der Waals surface area contributed by atoms with E-state index in [1.54, 1.807) is 56.0 Å². The van der Waals surface area contributed by atoms with Crippen LogP contribution in [0.1, 0.15) is 42.8 Å². The monoisotopic (exact) mass is 495 g/mol. The van der Waals surface area contributed by atoms with Crippen molar-refractivity contribution in [1.29, 1.82) is 0 Å². The zero-order valence-corrected chi connectivity index (χ0v) is 20.2. The van der Waals surface area contributed by atoms with Gasteiger partial charge in [0.05, 0.1) is 29.4 Å². The van der Waals surface area contributed by atoms with E-state index in [-0.39, 0.29) is 37.0 Å². The van der Waals surface area contributed by atoms with E-state index in [9.17, 15) is 14.7 Å². The average Bonchev–Trinajstić information content (AvgIpc) is 2.96. The SMILES string of the molecule is CC(C)(C)OC(=O)N1CCO[C@@H](c2ccc(Cl)c(Cl)c2)[C@@H](COc2ccccc2C(=O)O)C1. The molecule has 178 valence electrons. The number of amides is 1. The van der Waals surface area contributed by atoms with Gasteiger partial charge in [-0.25, -0.2) is 9.59 Å². The fourth-order valence-electron chi connectivity index (χ4n) is 3.55. The Hall–Kier alpha value is -2.48. The standard InChI is InChI=1S/C24H27Cl2NO6/c1-24(2,3)33-23(30)27-10-11-31-21(15-8-9-18(25)19(26)12-15)16(13-27)14-32-20-7-5-4-6-17(20)22(28)29/h4-9,12,16,21H,10-11,13-14H2,1-3H3,(H,28,29)/t16-,21+/m1/s1. The first-order valence-electron chi connectivity index (χ1n) is 10.5.